The van der Waals surface area contributed by atoms with E-state index in [4.69, 9.17) is 4.74 Å². The van der Waals surface area contributed by atoms with Gasteiger partial charge in [-0.2, -0.15) is 0 Å². The molecule has 0 spiro atoms. The zero-order valence-electron chi connectivity index (χ0n) is 9.25. The van der Waals surface area contributed by atoms with Gasteiger partial charge in [-0.15, -0.1) is 0 Å². The lowest BCUT2D eigenvalue weighted by atomic mass is 9.97. The van der Waals surface area contributed by atoms with Crippen LogP contribution in [0.5, 0.6) is 0 Å². The maximum atomic E-state index is 5.11. The van der Waals surface area contributed by atoms with Gasteiger partial charge in [0, 0.05) is 20.2 Å². The van der Waals surface area contributed by atoms with Gasteiger partial charge in [-0.1, -0.05) is 13.8 Å². The molecule has 1 rings (SSSR count). The highest BCUT2D eigenvalue weighted by atomic mass is 16.5. The van der Waals surface area contributed by atoms with Crippen LogP contribution in [0.15, 0.2) is 0 Å². The van der Waals surface area contributed by atoms with E-state index in [1.54, 1.807) is 7.11 Å². The molecule has 0 aromatic rings. The lowest BCUT2D eigenvalue weighted by molar-refractivity contribution is 0.143. The minimum atomic E-state index is 0.856. The average molecular weight is 185 g/mol. The van der Waals surface area contributed by atoms with Crippen molar-refractivity contribution in [1.29, 1.82) is 0 Å². The van der Waals surface area contributed by atoms with Crippen molar-refractivity contribution in [3.63, 3.8) is 0 Å². The smallest absolute Gasteiger partial charge is 0.0589 e. The van der Waals surface area contributed by atoms with Gasteiger partial charge in [0.2, 0.25) is 0 Å². The van der Waals surface area contributed by atoms with Crippen LogP contribution in [0.3, 0.4) is 0 Å². The van der Waals surface area contributed by atoms with E-state index >= 15 is 0 Å². The number of hydrogen-bond donors (Lipinski definition) is 0. The van der Waals surface area contributed by atoms with Gasteiger partial charge >= 0.3 is 0 Å². The predicted molar refractivity (Wildman–Crippen MR) is 55.9 cm³/mol. The van der Waals surface area contributed by atoms with Crippen LogP contribution in [-0.4, -0.2) is 38.3 Å². The van der Waals surface area contributed by atoms with Crippen LogP contribution in [0.2, 0.25) is 0 Å². The fraction of sp³-hybridized carbons (Fsp3) is 1.00. The summed E-state index contributed by atoms with van der Waals surface area (Å²) in [5.41, 5.74) is 0. The molecule has 0 bridgehead atoms. The lowest BCUT2D eigenvalue weighted by Gasteiger charge is -2.21. The fourth-order valence-electron chi connectivity index (χ4n) is 2.24. The van der Waals surface area contributed by atoms with Crippen molar-refractivity contribution in [2.24, 2.45) is 11.8 Å². The highest BCUT2D eigenvalue weighted by Crippen LogP contribution is 2.20. The van der Waals surface area contributed by atoms with Crippen LogP contribution in [0, 0.1) is 11.8 Å². The third kappa shape index (κ3) is 4.10. The Kier molecular flexibility index (Phi) is 4.74. The predicted octanol–water partition coefficient (Wildman–Crippen LogP) is 2.00. The molecule has 0 aromatic carbocycles. The van der Waals surface area contributed by atoms with Crippen molar-refractivity contribution in [2.75, 3.05) is 33.4 Å². The first-order chi connectivity index (χ1) is 6.22. The molecule has 0 amide bonds. The Balaban J connectivity index is 2.30. The summed E-state index contributed by atoms with van der Waals surface area (Å²) in [5, 5.41) is 0. The van der Waals surface area contributed by atoms with E-state index < -0.39 is 0 Å². The number of nitrogens with zero attached hydrogens (tertiary/aromatic N) is 1. The monoisotopic (exact) mass is 185 g/mol. The maximum absolute atomic E-state index is 5.11. The highest BCUT2D eigenvalue weighted by molar-refractivity contribution is 4.71. The average Bonchev–Trinajstić information content (AvgIpc) is 2.23. The van der Waals surface area contributed by atoms with E-state index in [1.165, 1.54) is 25.9 Å². The van der Waals surface area contributed by atoms with Gasteiger partial charge in [-0.25, -0.2) is 0 Å². The number of likely N-dealkylation sites (tertiary alicyclic amines) is 1. The number of rotatable bonds is 3. The van der Waals surface area contributed by atoms with E-state index in [9.17, 15) is 0 Å². The Morgan fingerprint density at radius 1 is 1.31 bits per heavy atom. The van der Waals surface area contributed by atoms with Gasteiger partial charge < -0.3 is 9.64 Å². The van der Waals surface area contributed by atoms with Gasteiger partial charge in [0.25, 0.3) is 0 Å². The molecule has 0 saturated carbocycles. The summed E-state index contributed by atoms with van der Waals surface area (Å²) in [6.07, 6.45) is 2.75. The summed E-state index contributed by atoms with van der Waals surface area (Å²) >= 11 is 0. The number of ether oxygens (including phenoxy) is 1. The standard InChI is InChI=1S/C11H23NO/c1-10-4-5-12(6-7-13-3)9-11(2)8-10/h10-11H,4-9H2,1-3H3. The van der Waals surface area contributed by atoms with Crippen molar-refractivity contribution in [3.05, 3.63) is 0 Å². The Morgan fingerprint density at radius 2 is 2.08 bits per heavy atom. The molecule has 1 fully saturated rings. The van der Waals surface area contributed by atoms with Crippen molar-refractivity contribution >= 4 is 0 Å². The first kappa shape index (κ1) is 11.0. The summed E-state index contributed by atoms with van der Waals surface area (Å²) in [7, 11) is 1.78. The molecular weight excluding hydrogens is 162 g/mol. The van der Waals surface area contributed by atoms with E-state index in [0.717, 1.165) is 25.0 Å². The topological polar surface area (TPSA) is 12.5 Å². The highest BCUT2D eigenvalue weighted by Gasteiger charge is 2.18. The quantitative estimate of drug-likeness (QED) is 0.667. The van der Waals surface area contributed by atoms with Crippen molar-refractivity contribution in [1.82, 2.24) is 4.90 Å². The molecule has 78 valence electrons. The number of hydrogen-bond acceptors (Lipinski definition) is 2. The van der Waals surface area contributed by atoms with Crippen molar-refractivity contribution < 1.29 is 4.74 Å². The third-order valence-corrected chi connectivity index (χ3v) is 2.92. The second-order valence-electron chi connectivity index (χ2n) is 4.53. The van der Waals surface area contributed by atoms with Crippen LogP contribution in [-0.2, 0) is 4.74 Å². The van der Waals surface area contributed by atoms with Crippen LogP contribution < -0.4 is 0 Å². The fourth-order valence-corrected chi connectivity index (χ4v) is 2.24. The molecule has 2 unspecified atom stereocenters. The third-order valence-electron chi connectivity index (χ3n) is 2.92. The Hall–Kier alpha value is -0.0800. The van der Waals surface area contributed by atoms with E-state index in [-0.39, 0.29) is 0 Å². The van der Waals surface area contributed by atoms with E-state index in [2.05, 4.69) is 18.7 Å². The molecule has 1 saturated heterocycles. The molecule has 2 atom stereocenters. The normalized spacial score (nSPS) is 31.6. The first-order valence-corrected chi connectivity index (χ1v) is 5.43. The van der Waals surface area contributed by atoms with Crippen LogP contribution in [0.1, 0.15) is 26.7 Å². The molecule has 1 heterocycles. The molecular formula is C11H23NO. The van der Waals surface area contributed by atoms with Crippen molar-refractivity contribution in [2.45, 2.75) is 26.7 Å². The summed E-state index contributed by atoms with van der Waals surface area (Å²) < 4.78 is 5.11. The first-order valence-electron chi connectivity index (χ1n) is 5.43. The second-order valence-corrected chi connectivity index (χ2v) is 4.53. The summed E-state index contributed by atoms with van der Waals surface area (Å²) in [4.78, 5) is 2.54. The van der Waals surface area contributed by atoms with Gasteiger partial charge in [0.1, 0.15) is 0 Å². The molecule has 1 aliphatic heterocycles. The van der Waals surface area contributed by atoms with Gasteiger partial charge in [0.05, 0.1) is 6.61 Å². The van der Waals surface area contributed by atoms with Gasteiger partial charge in [-0.05, 0) is 31.2 Å². The largest absolute Gasteiger partial charge is 0.383 e. The molecule has 0 N–H and O–H groups in total. The van der Waals surface area contributed by atoms with Crippen LogP contribution >= 0.6 is 0 Å². The summed E-state index contributed by atoms with van der Waals surface area (Å²) in [5.74, 6) is 1.76. The molecule has 0 radical (unpaired) electrons. The Bertz CT molecular complexity index is 138. The minimum absolute atomic E-state index is 0.856. The minimum Gasteiger partial charge on any atom is -0.383 e. The van der Waals surface area contributed by atoms with Gasteiger partial charge in [-0.3, -0.25) is 0 Å². The van der Waals surface area contributed by atoms with E-state index in [1.807, 2.05) is 0 Å². The SMILES string of the molecule is COCCN1CCC(C)CC(C)C1. The van der Waals surface area contributed by atoms with E-state index in [0.29, 0.717) is 0 Å². The van der Waals surface area contributed by atoms with Crippen LogP contribution in [0.25, 0.3) is 0 Å². The van der Waals surface area contributed by atoms with Gasteiger partial charge in [0.15, 0.2) is 0 Å². The molecule has 2 nitrogen and oxygen atoms in total. The zero-order chi connectivity index (χ0) is 9.68. The Labute approximate surface area is 82.3 Å². The maximum Gasteiger partial charge on any atom is 0.0589 e. The zero-order valence-corrected chi connectivity index (χ0v) is 9.25. The molecule has 0 aromatic heterocycles. The lowest BCUT2D eigenvalue weighted by Crippen LogP contribution is -2.30. The summed E-state index contributed by atoms with van der Waals surface area (Å²) in [6, 6.07) is 0. The van der Waals surface area contributed by atoms with Crippen LogP contribution in [0.4, 0.5) is 0 Å². The summed E-state index contributed by atoms with van der Waals surface area (Å²) in [6.45, 7) is 9.23. The number of methoxy groups -OCH3 is 1. The Morgan fingerprint density at radius 3 is 2.77 bits per heavy atom. The molecule has 2 heteroatoms. The van der Waals surface area contributed by atoms with Crippen molar-refractivity contribution in [3.8, 4) is 0 Å². The second kappa shape index (κ2) is 5.61. The molecule has 0 aliphatic carbocycles. The molecule has 1 aliphatic rings. The molecule has 13 heavy (non-hydrogen) atoms.